The van der Waals surface area contributed by atoms with E-state index in [9.17, 15) is 0 Å². The zero-order valence-corrected chi connectivity index (χ0v) is 13.6. The number of anilines is 1. The molecule has 0 saturated heterocycles. The first-order chi connectivity index (χ1) is 10.0. The number of halogens is 1. The van der Waals surface area contributed by atoms with Crippen LogP contribution in [0.5, 0.6) is 0 Å². The minimum atomic E-state index is 0.101. The Kier molecular flexibility index (Phi) is 4.85. The fourth-order valence-corrected chi connectivity index (χ4v) is 2.84. The van der Waals surface area contributed by atoms with Crippen molar-refractivity contribution in [2.75, 3.05) is 11.9 Å². The molecule has 0 bridgehead atoms. The second-order valence-corrected chi connectivity index (χ2v) is 5.79. The van der Waals surface area contributed by atoms with Crippen LogP contribution in [0.4, 0.5) is 5.69 Å². The summed E-state index contributed by atoms with van der Waals surface area (Å²) in [4.78, 5) is 2.16. The lowest BCUT2D eigenvalue weighted by Gasteiger charge is -2.22. The first-order valence-electron chi connectivity index (χ1n) is 6.56. The maximum atomic E-state index is 8.72. The van der Waals surface area contributed by atoms with Gasteiger partial charge in [-0.05, 0) is 52.2 Å². The van der Waals surface area contributed by atoms with Crippen LogP contribution in [-0.2, 0) is 6.54 Å². The van der Waals surface area contributed by atoms with E-state index in [2.05, 4.69) is 45.0 Å². The minimum absolute atomic E-state index is 0.101. The van der Waals surface area contributed by atoms with Gasteiger partial charge in [-0.1, -0.05) is 29.4 Å². The van der Waals surface area contributed by atoms with E-state index in [1.165, 1.54) is 11.1 Å². The van der Waals surface area contributed by atoms with Crippen LogP contribution in [0.2, 0.25) is 0 Å². The van der Waals surface area contributed by atoms with Crippen LogP contribution >= 0.6 is 15.9 Å². The Morgan fingerprint density at radius 2 is 2.00 bits per heavy atom. The Labute approximate surface area is 133 Å². The highest BCUT2D eigenvalue weighted by Crippen LogP contribution is 2.28. The van der Waals surface area contributed by atoms with E-state index in [1.807, 2.05) is 37.4 Å². The summed E-state index contributed by atoms with van der Waals surface area (Å²) < 4.78 is 0.905. The summed E-state index contributed by atoms with van der Waals surface area (Å²) in [5.41, 5.74) is 9.88. The van der Waals surface area contributed by atoms with Crippen molar-refractivity contribution >= 4 is 27.5 Å². The van der Waals surface area contributed by atoms with Gasteiger partial charge in [-0.15, -0.1) is 0 Å². The molecular weight excluding hydrogens is 330 g/mol. The number of hydrogen-bond acceptors (Lipinski definition) is 3. The lowest BCUT2D eigenvalue weighted by Crippen LogP contribution is -2.18. The van der Waals surface area contributed by atoms with E-state index in [0.29, 0.717) is 5.56 Å². The molecule has 0 aliphatic heterocycles. The van der Waals surface area contributed by atoms with Gasteiger partial charge in [0.2, 0.25) is 0 Å². The normalized spacial score (nSPS) is 11.5. The minimum Gasteiger partial charge on any atom is -0.409 e. The molecule has 5 heteroatoms. The van der Waals surface area contributed by atoms with E-state index in [4.69, 9.17) is 10.9 Å². The lowest BCUT2D eigenvalue weighted by atomic mass is 10.1. The summed E-state index contributed by atoms with van der Waals surface area (Å²) >= 11 is 3.54. The van der Waals surface area contributed by atoms with Crippen LogP contribution in [0.1, 0.15) is 16.7 Å². The molecule has 4 nitrogen and oxygen atoms in total. The van der Waals surface area contributed by atoms with Crippen molar-refractivity contribution in [3.63, 3.8) is 0 Å². The average molecular weight is 348 g/mol. The number of benzene rings is 2. The van der Waals surface area contributed by atoms with Gasteiger partial charge in [0.05, 0.1) is 5.69 Å². The molecule has 0 atom stereocenters. The van der Waals surface area contributed by atoms with E-state index in [0.717, 1.165) is 16.7 Å². The van der Waals surface area contributed by atoms with E-state index >= 15 is 0 Å². The molecule has 0 aromatic heterocycles. The van der Waals surface area contributed by atoms with Crippen LogP contribution in [0, 0.1) is 6.92 Å². The van der Waals surface area contributed by atoms with Gasteiger partial charge in [0.15, 0.2) is 5.84 Å². The lowest BCUT2D eigenvalue weighted by molar-refractivity contribution is 0.318. The van der Waals surface area contributed by atoms with Gasteiger partial charge < -0.3 is 15.8 Å². The highest BCUT2D eigenvalue weighted by molar-refractivity contribution is 9.10. The number of aryl methyl sites for hydroxylation is 1. The van der Waals surface area contributed by atoms with Gasteiger partial charge in [-0.3, -0.25) is 0 Å². The van der Waals surface area contributed by atoms with Crippen molar-refractivity contribution in [1.29, 1.82) is 0 Å². The molecule has 0 radical (unpaired) electrons. The molecule has 2 rings (SSSR count). The number of nitrogens with two attached hydrogens (primary N) is 1. The molecule has 0 heterocycles. The van der Waals surface area contributed by atoms with Gasteiger partial charge in [-0.25, -0.2) is 0 Å². The predicted octanol–water partition coefficient (Wildman–Crippen LogP) is 3.49. The summed E-state index contributed by atoms with van der Waals surface area (Å²) in [5.74, 6) is 0.101. The summed E-state index contributed by atoms with van der Waals surface area (Å²) in [6.45, 7) is 2.92. The standard InChI is InChI=1S/C16H18BrN3O/c1-11-5-3-4-6-13(11)10-20(2)15-8-7-12(9-14(15)17)16(18)19-21/h3-9,21H,10H2,1-2H3,(H2,18,19). The Morgan fingerprint density at radius 3 is 2.62 bits per heavy atom. The maximum Gasteiger partial charge on any atom is 0.170 e. The number of oxime groups is 1. The van der Waals surface area contributed by atoms with Crippen LogP contribution < -0.4 is 10.6 Å². The first kappa shape index (κ1) is 15.4. The Morgan fingerprint density at radius 1 is 1.29 bits per heavy atom. The smallest absolute Gasteiger partial charge is 0.170 e. The molecule has 2 aromatic rings. The fraction of sp³-hybridized carbons (Fsp3) is 0.188. The van der Waals surface area contributed by atoms with Crippen LogP contribution in [-0.4, -0.2) is 18.1 Å². The molecule has 0 amide bonds. The molecule has 0 fully saturated rings. The number of amidine groups is 1. The van der Waals surface area contributed by atoms with Gasteiger partial charge in [0.1, 0.15) is 0 Å². The molecule has 2 aromatic carbocycles. The van der Waals surface area contributed by atoms with Crippen molar-refractivity contribution < 1.29 is 5.21 Å². The number of rotatable bonds is 4. The molecule has 3 N–H and O–H groups in total. The largest absolute Gasteiger partial charge is 0.409 e. The molecule has 0 aliphatic carbocycles. The maximum absolute atomic E-state index is 8.72. The predicted molar refractivity (Wildman–Crippen MR) is 89.9 cm³/mol. The Balaban J connectivity index is 2.24. The van der Waals surface area contributed by atoms with Crippen molar-refractivity contribution in [1.82, 2.24) is 0 Å². The zero-order valence-electron chi connectivity index (χ0n) is 12.0. The van der Waals surface area contributed by atoms with Crippen molar-refractivity contribution in [2.45, 2.75) is 13.5 Å². The van der Waals surface area contributed by atoms with Gasteiger partial charge >= 0.3 is 0 Å². The fourth-order valence-electron chi connectivity index (χ4n) is 2.16. The van der Waals surface area contributed by atoms with Gasteiger partial charge in [-0.2, -0.15) is 0 Å². The second-order valence-electron chi connectivity index (χ2n) is 4.93. The average Bonchev–Trinajstić information content (AvgIpc) is 2.48. The number of nitrogens with zero attached hydrogens (tertiary/aromatic N) is 2. The van der Waals surface area contributed by atoms with E-state index in [-0.39, 0.29) is 5.84 Å². The molecule has 0 saturated carbocycles. The third-order valence-electron chi connectivity index (χ3n) is 3.43. The summed E-state index contributed by atoms with van der Waals surface area (Å²) in [5, 5.41) is 11.7. The molecule has 21 heavy (non-hydrogen) atoms. The Bertz CT molecular complexity index is 670. The SMILES string of the molecule is Cc1ccccc1CN(C)c1ccc(/C(N)=N/O)cc1Br. The Hall–Kier alpha value is -2.01. The molecule has 0 aliphatic rings. The summed E-state index contributed by atoms with van der Waals surface area (Å²) in [6, 6.07) is 14.0. The summed E-state index contributed by atoms with van der Waals surface area (Å²) in [6.07, 6.45) is 0. The highest BCUT2D eigenvalue weighted by atomic mass is 79.9. The van der Waals surface area contributed by atoms with Gasteiger partial charge in [0.25, 0.3) is 0 Å². The second kappa shape index (κ2) is 6.63. The number of hydrogen-bond donors (Lipinski definition) is 2. The molecule has 0 spiro atoms. The van der Waals surface area contributed by atoms with Crippen molar-refractivity contribution in [3.8, 4) is 0 Å². The van der Waals surface area contributed by atoms with Crippen LogP contribution in [0.25, 0.3) is 0 Å². The first-order valence-corrected chi connectivity index (χ1v) is 7.35. The highest BCUT2D eigenvalue weighted by Gasteiger charge is 2.10. The van der Waals surface area contributed by atoms with E-state index < -0.39 is 0 Å². The summed E-state index contributed by atoms with van der Waals surface area (Å²) in [7, 11) is 2.04. The van der Waals surface area contributed by atoms with E-state index in [1.54, 1.807) is 0 Å². The topological polar surface area (TPSA) is 61.8 Å². The molecule has 0 unspecified atom stereocenters. The quantitative estimate of drug-likeness (QED) is 0.385. The zero-order chi connectivity index (χ0) is 15.4. The molecule has 110 valence electrons. The van der Waals surface area contributed by atoms with Crippen molar-refractivity contribution in [3.05, 3.63) is 63.6 Å². The third kappa shape index (κ3) is 3.55. The van der Waals surface area contributed by atoms with Crippen LogP contribution in [0.3, 0.4) is 0 Å². The van der Waals surface area contributed by atoms with Gasteiger partial charge in [0, 0.05) is 23.6 Å². The molecular formula is C16H18BrN3O. The monoisotopic (exact) mass is 347 g/mol. The van der Waals surface area contributed by atoms with Crippen LogP contribution in [0.15, 0.2) is 52.1 Å². The van der Waals surface area contributed by atoms with Crippen molar-refractivity contribution in [2.24, 2.45) is 10.9 Å². The third-order valence-corrected chi connectivity index (χ3v) is 4.07.